The molecule has 8 heteroatoms. The summed E-state index contributed by atoms with van der Waals surface area (Å²) in [5.74, 6) is -0.337. The van der Waals surface area contributed by atoms with Crippen LogP contribution in [0.3, 0.4) is 0 Å². The number of aromatic nitrogens is 5. The molecule has 0 radical (unpaired) electrons. The van der Waals surface area contributed by atoms with E-state index in [1.807, 2.05) is 19.3 Å². The van der Waals surface area contributed by atoms with Crippen molar-refractivity contribution in [3.63, 3.8) is 0 Å². The molecule has 0 bridgehead atoms. The fraction of sp³-hybridized carbons (Fsp3) is 0.176. The van der Waals surface area contributed by atoms with Crippen LogP contribution in [0.25, 0.3) is 33.2 Å². The molecule has 126 valence electrons. The summed E-state index contributed by atoms with van der Waals surface area (Å²) in [6, 6.07) is 3.57. The molecule has 4 rings (SSSR count). The summed E-state index contributed by atoms with van der Waals surface area (Å²) in [5, 5.41) is 5.77. The number of rotatable bonds is 2. The predicted molar refractivity (Wildman–Crippen MR) is 94.4 cm³/mol. The van der Waals surface area contributed by atoms with E-state index in [1.165, 1.54) is 4.90 Å². The third kappa shape index (κ3) is 2.38. The molecule has 2 N–H and O–H groups in total. The number of aromatic amines is 2. The molecule has 0 aliphatic carbocycles. The van der Waals surface area contributed by atoms with Crippen LogP contribution in [-0.4, -0.2) is 49.6 Å². The first kappa shape index (κ1) is 15.1. The summed E-state index contributed by atoms with van der Waals surface area (Å²) >= 11 is 0. The van der Waals surface area contributed by atoms with Gasteiger partial charge in [0.2, 0.25) is 0 Å². The zero-order valence-electron chi connectivity index (χ0n) is 14.0. The fourth-order valence-electron chi connectivity index (χ4n) is 2.86. The molecule has 0 atom stereocenters. The minimum Gasteiger partial charge on any atom is -0.345 e. The zero-order chi connectivity index (χ0) is 17.7. The number of fused-ring (bicyclic) bond motifs is 3. The first-order valence-electron chi connectivity index (χ1n) is 7.69. The van der Waals surface area contributed by atoms with Crippen LogP contribution in [0.15, 0.2) is 35.5 Å². The molecule has 0 saturated heterocycles. The lowest BCUT2D eigenvalue weighted by atomic mass is 10.1. The Hall–Kier alpha value is -3.42. The second-order valence-electron chi connectivity index (χ2n) is 6.15. The van der Waals surface area contributed by atoms with Gasteiger partial charge in [0, 0.05) is 43.7 Å². The molecular formula is C17H16N6O2. The molecule has 0 unspecified atom stereocenters. The minimum absolute atomic E-state index is 0.106. The summed E-state index contributed by atoms with van der Waals surface area (Å²) in [7, 11) is 5.08. The van der Waals surface area contributed by atoms with Gasteiger partial charge in [-0.1, -0.05) is 0 Å². The summed E-state index contributed by atoms with van der Waals surface area (Å²) < 4.78 is 1.72. The highest BCUT2D eigenvalue weighted by atomic mass is 16.2. The van der Waals surface area contributed by atoms with Crippen LogP contribution in [0, 0.1) is 0 Å². The number of hydrogen-bond acceptors (Lipinski definition) is 4. The molecule has 4 aromatic rings. The average molecular weight is 336 g/mol. The molecule has 25 heavy (non-hydrogen) atoms. The average Bonchev–Trinajstić information content (AvgIpc) is 3.19. The normalized spacial score (nSPS) is 11.3. The Morgan fingerprint density at radius 3 is 2.64 bits per heavy atom. The molecule has 0 aliphatic heterocycles. The fourth-order valence-corrected chi connectivity index (χ4v) is 2.86. The maximum atomic E-state index is 12.2. The van der Waals surface area contributed by atoms with Gasteiger partial charge in [-0.25, -0.2) is 4.98 Å². The van der Waals surface area contributed by atoms with Crippen LogP contribution in [0.1, 0.15) is 10.4 Å². The Bertz CT molecular complexity index is 1180. The van der Waals surface area contributed by atoms with Gasteiger partial charge in [-0.3, -0.25) is 14.3 Å². The number of carbonyl (C=O) groups excluding carboxylic acids is 1. The maximum Gasteiger partial charge on any atom is 0.261 e. The van der Waals surface area contributed by atoms with Crippen molar-refractivity contribution in [1.82, 2.24) is 29.6 Å². The molecule has 0 aliphatic rings. The second-order valence-corrected chi connectivity index (χ2v) is 6.15. The third-order valence-electron chi connectivity index (χ3n) is 4.13. The summed E-state index contributed by atoms with van der Waals surface area (Å²) in [4.78, 5) is 36.2. The van der Waals surface area contributed by atoms with E-state index in [4.69, 9.17) is 0 Å². The molecule has 0 spiro atoms. The molecular weight excluding hydrogens is 320 g/mol. The van der Waals surface area contributed by atoms with E-state index in [0.29, 0.717) is 11.2 Å². The van der Waals surface area contributed by atoms with Crippen molar-refractivity contribution in [2.45, 2.75) is 0 Å². The lowest BCUT2D eigenvalue weighted by Gasteiger charge is -2.10. The molecule has 0 aromatic carbocycles. The molecule has 4 heterocycles. The van der Waals surface area contributed by atoms with Crippen molar-refractivity contribution < 1.29 is 4.79 Å². The predicted octanol–water partition coefficient (Wildman–Crippen LogP) is 1.51. The largest absolute Gasteiger partial charge is 0.345 e. The molecule has 0 fully saturated rings. The molecule has 8 nitrogen and oxygen atoms in total. The second kappa shape index (κ2) is 5.30. The van der Waals surface area contributed by atoms with Crippen molar-refractivity contribution in [3.05, 3.63) is 46.6 Å². The number of aryl methyl sites for hydroxylation is 1. The van der Waals surface area contributed by atoms with Crippen molar-refractivity contribution >= 4 is 27.8 Å². The van der Waals surface area contributed by atoms with Gasteiger partial charge >= 0.3 is 0 Å². The lowest BCUT2D eigenvalue weighted by Crippen LogP contribution is -2.28. The summed E-state index contributed by atoms with van der Waals surface area (Å²) in [6.45, 7) is 0. The molecule has 1 amide bonds. The third-order valence-corrected chi connectivity index (χ3v) is 4.13. The van der Waals surface area contributed by atoms with E-state index in [-0.39, 0.29) is 11.5 Å². The van der Waals surface area contributed by atoms with E-state index in [0.717, 1.165) is 22.0 Å². The summed E-state index contributed by atoms with van der Waals surface area (Å²) in [6.07, 6.45) is 5.25. The van der Waals surface area contributed by atoms with E-state index in [9.17, 15) is 9.59 Å². The van der Waals surface area contributed by atoms with Crippen LogP contribution in [0.2, 0.25) is 0 Å². The Balaban J connectivity index is 1.98. The quantitative estimate of drug-likeness (QED) is 0.579. The molecule has 4 aromatic heterocycles. The van der Waals surface area contributed by atoms with Gasteiger partial charge in [0.25, 0.3) is 11.5 Å². The van der Waals surface area contributed by atoms with Crippen LogP contribution < -0.4 is 5.56 Å². The zero-order valence-corrected chi connectivity index (χ0v) is 14.0. The topological polar surface area (TPSA) is 99.7 Å². The van der Waals surface area contributed by atoms with Gasteiger partial charge < -0.3 is 14.9 Å². The number of nitrogens with zero attached hydrogens (tertiary/aromatic N) is 4. The SMILES string of the molecule is CN(C)C(=O)c1cc2c(cnc3[nH]c(-c4cnn(C)c4)cc32)[nH]c1=O. The van der Waals surface area contributed by atoms with Crippen molar-refractivity contribution in [2.75, 3.05) is 14.1 Å². The van der Waals surface area contributed by atoms with Crippen LogP contribution >= 0.6 is 0 Å². The molecule has 0 saturated carbocycles. The number of H-pyrrole nitrogens is 2. The lowest BCUT2D eigenvalue weighted by molar-refractivity contribution is 0.0826. The number of nitrogens with one attached hydrogen (secondary N) is 2. The minimum atomic E-state index is -0.421. The van der Waals surface area contributed by atoms with Crippen molar-refractivity contribution in [1.29, 1.82) is 0 Å². The van der Waals surface area contributed by atoms with Gasteiger partial charge in [-0.05, 0) is 12.1 Å². The van der Waals surface area contributed by atoms with Gasteiger partial charge in [0.1, 0.15) is 11.2 Å². The number of carbonyl (C=O) groups is 1. The van der Waals surface area contributed by atoms with E-state index in [2.05, 4.69) is 20.1 Å². The highest BCUT2D eigenvalue weighted by Gasteiger charge is 2.16. The van der Waals surface area contributed by atoms with Crippen LogP contribution in [0.5, 0.6) is 0 Å². The number of pyridine rings is 2. The van der Waals surface area contributed by atoms with Crippen LogP contribution in [0.4, 0.5) is 0 Å². The Morgan fingerprint density at radius 1 is 1.16 bits per heavy atom. The van der Waals surface area contributed by atoms with Gasteiger partial charge in [-0.2, -0.15) is 5.10 Å². The van der Waals surface area contributed by atoms with Crippen molar-refractivity contribution in [3.8, 4) is 11.3 Å². The van der Waals surface area contributed by atoms with E-state index < -0.39 is 5.56 Å². The number of hydrogen-bond donors (Lipinski definition) is 2. The smallest absolute Gasteiger partial charge is 0.261 e. The highest BCUT2D eigenvalue weighted by molar-refractivity contribution is 6.07. The standard InChI is InChI=1S/C17H16N6O2/c1-22(2)17(25)12-4-10-11-5-13(9-6-19-23(3)8-9)20-15(11)18-7-14(10)21-16(12)24/h4-8H,1-3H3,(H,18,20)(H,21,24). The Labute approximate surface area is 142 Å². The van der Waals surface area contributed by atoms with Gasteiger partial charge in [0.15, 0.2) is 0 Å². The Kier molecular flexibility index (Phi) is 3.21. The van der Waals surface area contributed by atoms with Crippen LogP contribution in [-0.2, 0) is 7.05 Å². The highest BCUT2D eigenvalue weighted by Crippen LogP contribution is 2.27. The van der Waals surface area contributed by atoms with E-state index >= 15 is 0 Å². The van der Waals surface area contributed by atoms with E-state index in [1.54, 1.807) is 37.2 Å². The number of amides is 1. The first-order valence-corrected chi connectivity index (χ1v) is 7.69. The van der Waals surface area contributed by atoms with Gasteiger partial charge in [-0.15, -0.1) is 0 Å². The monoisotopic (exact) mass is 336 g/mol. The maximum absolute atomic E-state index is 12.2. The Morgan fingerprint density at radius 2 is 1.96 bits per heavy atom. The van der Waals surface area contributed by atoms with Crippen molar-refractivity contribution in [2.24, 2.45) is 7.05 Å². The summed E-state index contributed by atoms with van der Waals surface area (Å²) in [5.41, 5.74) is 2.76. The first-order chi connectivity index (χ1) is 11.9. The van der Waals surface area contributed by atoms with Gasteiger partial charge in [0.05, 0.1) is 23.6 Å².